The van der Waals surface area contributed by atoms with Crippen LogP contribution in [0.15, 0.2) is 41.3 Å². The molecule has 1 aromatic rings. The molecule has 0 aliphatic carbocycles. The maximum atomic E-state index is 12.8. The number of hydrogen-bond acceptors (Lipinski definition) is 4. The summed E-state index contributed by atoms with van der Waals surface area (Å²) in [5, 5.41) is 0. The Balaban J connectivity index is 2.02. The first-order valence-electron chi connectivity index (χ1n) is 8.87. The molecule has 7 heteroatoms. The van der Waals surface area contributed by atoms with Gasteiger partial charge in [0.1, 0.15) is 5.75 Å². The number of rotatable bonds is 7. The predicted molar refractivity (Wildman–Crippen MR) is 102 cm³/mol. The molecule has 0 aromatic heterocycles. The monoisotopic (exact) mass is 380 g/mol. The summed E-state index contributed by atoms with van der Waals surface area (Å²) in [6.07, 6.45) is 1.09. The number of piperidine rings is 1. The average Bonchev–Trinajstić information content (AvgIpc) is 2.65. The molecule has 144 valence electrons. The van der Waals surface area contributed by atoms with Crippen LogP contribution in [-0.4, -0.2) is 56.8 Å². The number of likely N-dealkylation sites (N-methyl/N-ethyl adjacent to an activating group) is 1. The first-order valence-corrected chi connectivity index (χ1v) is 10.3. The summed E-state index contributed by atoms with van der Waals surface area (Å²) in [6.45, 7) is 9.62. The Morgan fingerprint density at radius 1 is 1.27 bits per heavy atom. The van der Waals surface area contributed by atoms with Gasteiger partial charge in [-0.2, -0.15) is 4.31 Å². The highest BCUT2D eigenvalue weighted by Crippen LogP contribution is 2.26. The summed E-state index contributed by atoms with van der Waals surface area (Å²) in [5.41, 5.74) is 0.944. The van der Waals surface area contributed by atoms with E-state index in [2.05, 4.69) is 6.58 Å². The Kier molecular flexibility index (Phi) is 6.83. The summed E-state index contributed by atoms with van der Waals surface area (Å²) in [5.74, 6) is 0.582. The Morgan fingerprint density at radius 3 is 2.31 bits per heavy atom. The van der Waals surface area contributed by atoms with Crippen molar-refractivity contribution in [1.82, 2.24) is 9.21 Å². The maximum absolute atomic E-state index is 12.8. The van der Waals surface area contributed by atoms with Crippen LogP contribution in [0, 0.1) is 5.92 Å². The van der Waals surface area contributed by atoms with Crippen molar-refractivity contribution in [2.24, 2.45) is 5.92 Å². The molecule has 26 heavy (non-hydrogen) atoms. The predicted octanol–water partition coefficient (Wildman–Crippen LogP) is 2.52. The number of carbonyl (C=O) groups excluding carboxylic acids is 1. The molecule has 1 aliphatic heterocycles. The zero-order valence-corrected chi connectivity index (χ0v) is 16.6. The number of carbonyl (C=O) groups is 1. The molecule has 0 spiro atoms. The van der Waals surface area contributed by atoms with Gasteiger partial charge in [-0.25, -0.2) is 8.42 Å². The molecule has 0 radical (unpaired) electrons. The van der Waals surface area contributed by atoms with Crippen LogP contribution in [0.2, 0.25) is 0 Å². The van der Waals surface area contributed by atoms with E-state index in [1.807, 2.05) is 13.8 Å². The van der Waals surface area contributed by atoms with Gasteiger partial charge in [-0.15, -0.1) is 0 Å². The topological polar surface area (TPSA) is 66.9 Å². The van der Waals surface area contributed by atoms with E-state index in [4.69, 9.17) is 4.74 Å². The lowest BCUT2D eigenvalue weighted by Crippen LogP contribution is -2.44. The van der Waals surface area contributed by atoms with Gasteiger partial charge < -0.3 is 9.64 Å². The fourth-order valence-electron chi connectivity index (χ4n) is 3.17. The molecule has 0 atom stereocenters. The molecule has 1 aliphatic rings. The second-order valence-corrected chi connectivity index (χ2v) is 8.60. The number of methoxy groups -OCH3 is 1. The Morgan fingerprint density at radius 2 is 1.85 bits per heavy atom. The molecule has 0 N–H and O–H groups in total. The highest BCUT2D eigenvalue weighted by atomic mass is 32.2. The van der Waals surface area contributed by atoms with Gasteiger partial charge in [0.25, 0.3) is 0 Å². The van der Waals surface area contributed by atoms with Crippen LogP contribution in [0.3, 0.4) is 0 Å². The highest BCUT2D eigenvalue weighted by Gasteiger charge is 2.33. The van der Waals surface area contributed by atoms with Gasteiger partial charge in [0.2, 0.25) is 15.9 Å². The summed E-state index contributed by atoms with van der Waals surface area (Å²) >= 11 is 0. The van der Waals surface area contributed by atoms with Gasteiger partial charge in [-0.1, -0.05) is 12.2 Å². The Bertz CT molecular complexity index is 735. The quantitative estimate of drug-likeness (QED) is 0.682. The van der Waals surface area contributed by atoms with Crippen LogP contribution in [0.25, 0.3) is 0 Å². The standard InChI is InChI=1S/C19H28N2O4S/c1-5-20(14-15(2)3)19(22)16-10-12-21(13-11-16)26(23,24)18-8-6-17(25-4)7-9-18/h6-9,16H,2,5,10-14H2,1,3-4H3. The lowest BCUT2D eigenvalue weighted by molar-refractivity contribution is -0.136. The lowest BCUT2D eigenvalue weighted by atomic mass is 9.96. The van der Waals surface area contributed by atoms with Crippen molar-refractivity contribution in [2.75, 3.05) is 33.3 Å². The zero-order chi connectivity index (χ0) is 19.3. The van der Waals surface area contributed by atoms with Crippen LogP contribution in [-0.2, 0) is 14.8 Å². The smallest absolute Gasteiger partial charge is 0.243 e. The third-order valence-corrected chi connectivity index (χ3v) is 6.57. The van der Waals surface area contributed by atoms with Gasteiger partial charge in [-0.05, 0) is 51.0 Å². The average molecular weight is 381 g/mol. The van der Waals surface area contributed by atoms with Crippen molar-refractivity contribution in [3.63, 3.8) is 0 Å². The van der Waals surface area contributed by atoms with Crippen LogP contribution >= 0.6 is 0 Å². The molecule has 2 rings (SSSR count). The minimum atomic E-state index is -3.54. The molecule has 1 amide bonds. The molecular weight excluding hydrogens is 352 g/mol. The van der Waals surface area contributed by atoms with Crippen LogP contribution in [0.1, 0.15) is 26.7 Å². The molecule has 1 fully saturated rings. The van der Waals surface area contributed by atoms with Crippen molar-refractivity contribution in [1.29, 1.82) is 0 Å². The number of hydrogen-bond donors (Lipinski definition) is 0. The summed E-state index contributed by atoms with van der Waals surface area (Å²) in [4.78, 5) is 14.7. The first-order chi connectivity index (χ1) is 12.3. The Labute approximate surface area is 156 Å². The van der Waals surface area contributed by atoms with Crippen LogP contribution in [0.4, 0.5) is 0 Å². The molecular formula is C19H28N2O4S. The van der Waals surface area contributed by atoms with Crippen molar-refractivity contribution in [2.45, 2.75) is 31.6 Å². The van der Waals surface area contributed by atoms with Crippen molar-refractivity contribution < 1.29 is 17.9 Å². The van der Waals surface area contributed by atoms with E-state index >= 15 is 0 Å². The Hall–Kier alpha value is -1.86. The number of benzene rings is 1. The summed E-state index contributed by atoms with van der Waals surface area (Å²) < 4.78 is 32.1. The van der Waals surface area contributed by atoms with E-state index in [0.717, 1.165) is 5.57 Å². The molecule has 0 bridgehead atoms. The second kappa shape index (κ2) is 8.68. The number of amides is 1. The minimum Gasteiger partial charge on any atom is -0.497 e. The van der Waals surface area contributed by atoms with Gasteiger partial charge in [0, 0.05) is 32.1 Å². The van der Waals surface area contributed by atoms with Crippen LogP contribution < -0.4 is 4.74 Å². The normalized spacial score (nSPS) is 16.3. The first kappa shape index (κ1) is 20.5. The fraction of sp³-hybridized carbons (Fsp3) is 0.526. The van der Waals surface area contributed by atoms with E-state index in [1.165, 1.54) is 4.31 Å². The van der Waals surface area contributed by atoms with Gasteiger partial charge in [0.05, 0.1) is 12.0 Å². The molecule has 1 saturated heterocycles. The van der Waals surface area contributed by atoms with Crippen LogP contribution in [0.5, 0.6) is 5.75 Å². The minimum absolute atomic E-state index is 0.0944. The SMILES string of the molecule is C=C(C)CN(CC)C(=O)C1CCN(S(=O)(=O)c2ccc(OC)cc2)CC1. The summed E-state index contributed by atoms with van der Waals surface area (Å²) in [6, 6.07) is 6.38. The van der Waals surface area contributed by atoms with E-state index in [0.29, 0.717) is 44.8 Å². The summed E-state index contributed by atoms with van der Waals surface area (Å²) in [7, 11) is -2.00. The third-order valence-electron chi connectivity index (χ3n) is 4.65. The fourth-order valence-corrected chi connectivity index (χ4v) is 4.64. The molecule has 0 unspecified atom stereocenters. The molecule has 6 nitrogen and oxygen atoms in total. The van der Waals surface area contributed by atoms with E-state index in [9.17, 15) is 13.2 Å². The molecule has 0 saturated carbocycles. The largest absolute Gasteiger partial charge is 0.497 e. The molecule has 1 aromatic carbocycles. The van der Waals surface area contributed by atoms with Crippen molar-refractivity contribution in [3.05, 3.63) is 36.4 Å². The van der Waals surface area contributed by atoms with Gasteiger partial charge in [0.15, 0.2) is 0 Å². The van der Waals surface area contributed by atoms with Gasteiger partial charge in [-0.3, -0.25) is 4.79 Å². The number of ether oxygens (including phenoxy) is 1. The van der Waals surface area contributed by atoms with E-state index in [1.54, 1.807) is 36.3 Å². The zero-order valence-electron chi connectivity index (χ0n) is 15.8. The van der Waals surface area contributed by atoms with Crippen molar-refractivity contribution in [3.8, 4) is 5.75 Å². The third kappa shape index (κ3) is 4.65. The van der Waals surface area contributed by atoms with E-state index < -0.39 is 10.0 Å². The maximum Gasteiger partial charge on any atom is 0.243 e. The highest BCUT2D eigenvalue weighted by molar-refractivity contribution is 7.89. The lowest BCUT2D eigenvalue weighted by Gasteiger charge is -2.33. The van der Waals surface area contributed by atoms with Gasteiger partial charge >= 0.3 is 0 Å². The second-order valence-electron chi connectivity index (χ2n) is 6.66. The number of nitrogens with zero attached hydrogens (tertiary/aromatic N) is 2. The number of sulfonamides is 1. The molecule has 1 heterocycles. The van der Waals surface area contributed by atoms with E-state index in [-0.39, 0.29) is 16.7 Å². The van der Waals surface area contributed by atoms with Crippen molar-refractivity contribution >= 4 is 15.9 Å².